The average molecular weight is 351 g/mol. The highest BCUT2D eigenvalue weighted by Crippen LogP contribution is 2.18. The molecule has 1 atom stereocenters. The van der Waals surface area contributed by atoms with Crippen molar-refractivity contribution in [1.29, 1.82) is 0 Å². The molecular weight excluding hydrogens is 330 g/mol. The molecule has 0 bridgehead atoms. The van der Waals surface area contributed by atoms with E-state index in [1.165, 1.54) is 0 Å². The number of para-hydroxylation sites is 1. The number of hydrogen-bond donors (Lipinski definition) is 1. The average Bonchev–Trinajstić information content (AvgIpc) is 2.96. The first kappa shape index (κ1) is 16.5. The number of carbonyl (C=O) groups is 1. The van der Waals surface area contributed by atoms with Crippen LogP contribution >= 0.6 is 0 Å². The molecule has 1 unspecified atom stereocenters. The van der Waals surface area contributed by atoms with Crippen molar-refractivity contribution < 1.29 is 4.79 Å². The Bertz CT molecular complexity index is 1020. The Labute approximate surface area is 150 Å². The molecule has 1 aliphatic heterocycles. The van der Waals surface area contributed by atoms with Gasteiger partial charge in [0, 0.05) is 19.5 Å². The molecule has 1 aromatic carbocycles. The summed E-state index contributed by atoms with van der Waals surface area (Å²) in [5.41, 5.74) is 2.47. The summed E-state index contributed by atoms with van der Waals surface area (Å²) in [6.45, 7) is 3.25. The van der Waals surface area contributed by atoms with Crippen LogP contribution in [0.1, 0.15) is 24.8 Å². The Morgan fingerprint density at radius 3 is 2.92 bits per heavy atom. The summed E-state index contributed by atoms with van der Waals surface area (Å²) in [7, 11) is 0. The third-order valence-corrected chi connectivity index (χ3v) is 5.01. The predicted octanol–water partition coefficient (Wildman–Crippen LogP) is 1.81. The maximum absolute atomic E-state index is 12.9. The Morgan fingerprint density at radius 1 is 1.23 bits per heavy atom. The molecule has 1 fully saturated rings. The maximum atomic E-state index is 12.9. The lowest BCUT2D eigenvalue weighted by Gasteiger charge is -2.14. The normalized spacial score (nSPS) is 17.9. The molecule has 1 saturated heterocycles. The monoisotopic (exact) mass is 351 g/mol. The molecule has 3 aromatic rings. The number of nitrogens with zero attached hydrogens (tertiary/aromatic N) is 4. The van der Waals surface area contributed by atoms with E-state index in [1.807, 2.05) is 31.2 Å². The minimum Gasteiger partial charge on any atom is -0.356 e. The topological polar surface area (TPSA) is 81.8 Å². The van der Waals surface area contributed by atoms with Gasteiger partial charge in [-0.05, 0) is 37.3 Å². The lowest BCUT2D eigenvalue weighted by Crippen LogP contribution is -2.25. The fourth-order valence-corrected chi connectivity index (χ4v) is 3.50. The molecule has 1 amide bonds. The van der Waals surface area contributed by atoms with Crippen molar-refractivity contribution in [3.05, 3.63) is 52.7 Å². The van der Waals surface area contributed by atoms with Crippen molar-refractivity contribution in [2.75, 3.05) is 6.54 Å². The highest BCUT2D eigenvalue weighted by atomic mass is 16.1. The van der Waals surface area contributed by atoms with E-state index in [0.717, 1.165) is 24.1 Å². The van der Waals surface area contributed by atoms with E-state index in [4.69, 9.17) is 0 Å². The summed E-state index contributed by atoms with van der Waals surface area (Å²) < 4.78 is 3.36. The van der Waals surface area contributed by atoms with E-state index in [9.17, 15) is 9.59 Å². The number of aromatic nitrogens is 4. The van der Waals surface area contributed by atoms with Crippen LogP contribution in [-0.4, -0.2) is 31.8 Å². The molecule has 0 saturated carbocycles. The zero-order valence-electron chi connectivity index (χ0n) is 14.7. The zero-order valence-corrected chi connectivity index (χ0v) is 14.7. The summed E-state index contributed by atoms with van der Waals surface area (Å²) in [5, 5.41) is 7.77. The van der Waals surface area contributed by atoms with Gasteiger partial charge in [-0.1, -0.05) is 18.2 Å². The first-order chi connectivity index (χ1) is 12.6. The molecule has 3 heterocycles. The van der Waals surface area contributed by atoms with E-state index >= 15 is 0 Å². The number of nitrogens with one attached hydrogen (secondary N) is 1. The Kier molecular flexibility index (Phi) is 4.28. The van der Waals surface area contributed by atoms with Gasteiger partial charge in [-0.3, -0.25) is 14.2 Å². The van der Waals surface area contributed by atoms with Crippen molar-refractivity contribution >= 4 is 16.9 Å². The van der Waals surface area contributed by atoms with Gasteiger partial charge in [0.05, 0.1) is 18.2 Å². The first-order valence-corrected chi connectivity index (χ1v) is 8.89. The molecule has 0 radical (unpaired) electrons. The van der Waals surface area contributed by atoms with Crippen LogP contribution < -0.4 is 10.9 Å². The molecule has 1 N–H and O–H groups in total. The van der Waals surface area contributed by atoms with Crippen molar-refractivity contribution in [2.24, 2.45) is 5.92 Å². The van der Waals surface area contributed by atoms with Gasteiger partial charge in [0.15, 0.2) is 5.65 Å². The van der Waals surface area contributed by atoms with Gasteiger partial charge in [-0.15, -0.1) is 0 Å². The molecule has 2 aromatic heterocycles. The van der Waals surface area contributed by atoms with Crippen LogP contribution in [0.25, 0.3) is 16.7 Å². The van der Waals surface area contributed by atoms with Crippen LogP contribution in [0.4, 0.5) is 0 Å². The highest BCUT2D eigenvalue weighted by Gasteiger charge is 2.18. The number of benzene rings is 1. The number of fused-ring (bicyclic) bond motifs is 1. The lowest BCUT2D eigenvalue weighted by atomic mass is 10.0. The van der Waals surface area contributed by atoms with Crippen LogP contribution in [0.15, 0.2) is 41.6 Å². The first-order valence-electron chi connectivity index (χ1n) is 8.89. The fourth-order valence-electron chi connectivity index (χ4n) is 3.50. The van der Waals surface area contributed by atoms with Crippen molar-refractivity contribution in [3.63, 3.8) is 0 Å². The highest BCUT2D eigenvalue weighted by molar-refractivity contribution is 5.76. The molecule has 1 aliphatic rings. The summed E-state index contributed by atoms with van der Waals surface area (Å²) in [6, 6.07) is 7.88. The SMILES string of the molecule is Cc1ccccc1-n1ncc2c(=O)n(CC3CCNC(=O)CC3)cnc21. The predicted molar refractivity (Wildman–Crippen MR) is 98.2 cm³/mol. The molecule has 7 nitrogen and oxygen atoms in total. The second-order valence-corrected chi connectivity index (χ2v) is 6.83. The van der Waals surface area contributed by atoms with Crippen LogP contribution in [0, 0.1) is 12.8 Å². The lowest BCUT2D eigenvalue weighted by molar-refractivity contribution is -0.120. The van der Waals surface area contributed by atoms with E-state index in [1.54, 1.807) is 21.8 Å². The smallest absolute Gasteiger partial charge is 0.264 e. The van der Waals surface area contributed by atoms with Gasteiger partial charge in [0.2, 0.25) is 5.91 Å². The van der Waals surface area contributed by atoms with Crippen molar-refractivity contribution in [2.45, 2.75) is 32.7 Å². The van der Waals surface area contributed by atoms with Gasteiger partial charge in [-0.2, -0.15) is 5.10 Å². The van der Waals surface area contributed by atoms with E-state index in [2.05, 4.69) is 15.4 Å². The Morgan fingerprint density at radius 2 is 2.08 bits per heavy atom. The number of rotatable bonds is 3. The molecular formula is C19H21N5O2. The van der Waals surface area contributed by atoms with Crippen LogP contribution in [-0.2, 0) is 11.3 Å². The minimum atomic E-state index is -0.0848. The molecule has 4 rings (SSSR count). The van der Waals surface area contributed by atoms with Gasteiger partial charge >= 0.3 is 0 Å². The fraction of sp³-hybridized carbons (Fsp3) is 0.368. The van der Waals surface area contributed by atoms with Gasteiger partial charge in [0.1, 0.15) is 5.39 Å². The molecule has 26 heavy (non-hydrogen) atoms. The second-order valence-electron chi connectivity index (χ2n) is 6.83. The zero-order chi connectivity index (χ0) is 18.1. The van der Waals surface area contributed by atoms with Crippen LogP contribution in [0.5, 0.6) is 0 Å². The number of hydrogen-bond acceptors (Lipinski definition) is 4. The summed E-state index contributed by atoms with van der Waals surface area (Å²) in [6.07, 6.45) is 5.37. The van der Waals surface area contributed by atoms with E-state index in [0.29, 0.717) is 30.5 Å². The number of aryl methyl sites for hydroxylation is 1. The molecule has 0 aliphatic carbocycles. The summed E-state index contributed by atoms with van der Waals surface area (Å²) >= 11 is 0. The maximum Gasteiger partial charge on any atom is 0.264 e. The molecule has 7 heteroatoms. The Balaban J connectivity index is 1.67. The summed E-state index contributed by atoms with van der Waals surface area (Å²) in [4.78, 5) is 28.9. The van der Waals surface area contributed by atoms with Gasteiger partial charge in [0.25, 0.3) is 5.56 Å². The van der Waals surface area contributed by atoms with Crippen molar-refractivity contribution in [3.8, 4) is 5.69 Å². The van der Waals surface area contributed by atoms with Crippen molar-refractivity contribution in [1.82, 2.24) is 24.6 Å². The largest absolute Gasteiger partial charge is 0.356 e. The summed E-state index contributed by atoms with van der Waals surface area (Å²) in [5.74, 6) is 0.380. The minimum absolute atomic E-state index is 0.0848. The van der Waals surface area contributed by atoms with Gasteiger partial charge < -0.3 is 5.32 Å². The standard InChI is InChI=1S/C19H21N5O2/c1-13-4-2-3-5-16(13)24-18-15(10-22-24)19(26)23(12-21-18)11-14-6-7-17(25)20-9-8-14/h2-5,10,12,14H,6-9,11H2,1H3,(H,20,25). The van der Waals surface area contributed by atoms with Gasteiger partial charge in [-0.25, -0.2) is 9.67 Å². The third kappa shape index (κ3) is 3.00. The number of carbonyl (C=O) groups excluding carboxylic acids is 1. The quantitative estimate of drug-likeness (QED) is 0.780. The second kappa shape index (κ2) is 6.74. The molecule has 0 spiro atoms. The third-order valence-electron chi connectivity index (χ3n) is 5.01. The number of amides is 1. The van der Waals surface area contributed by atoms with Crippen LogP contribution in [0.2, 0.25) is 0 Å². The Hall–Kier alpha value is -2.96. The van der Waals surface area contributed by atoms with E-state index in [-0.39, 0.29) is 17.4 Å². The molecule has 134 valence electrons. The van der Waals surface area contributed by atoms with E-state index < -0.39 is 0 Å². The van der Waals surface area contributed by atoms with Crippen LogP contribution in [0.3, 0.4) is 0 Å².